The Morgan fingerprint density at radius 1 is 1.10 bits per heavy atom. The molecule has 6 heteroatoms. The monoisotopic (exact) mass is 405 g/mol. The van der Waals surface area contributed by atoms with Gasteiger partial charge < -0.3 is 9.64 Å². The normalized spacial score (nSPS) is 25.8. The van der Waals surface area contributed by atoms with E-state index >= 15 is 0 Å². The topological polar surface area (TPSA) is 36.0 Å². The summed E-state index contributed by atoms with van der Waals surface area (Å²) in [6.45, 7) is 13.8. The Balaban J connectivity index is 1.63. The SMILES string of the molecule is CC(C)[C@H](C(=O)N1CCCN(Cc2ccccc2F)CC1)N1C[C@@H](C)O[C@H](C)C1. The molecule has 0 N–H and O–H groups in total. The maximum Gasteiger partial charge on any atom is 0.240 e. The Kier molecular flexibility index (Phi) is 7.66. The van der Waals surface area contributed by atoms with Crippen LogP contribution in [0.15, 0.2) is 24.3 Å². The van der Waals surface area contributed by atoms with Crippen molar-refractivity contribution in [3.63, 3.8) is 0 Å². The van der Waals surface area contributed by atoms with Crippen molar-refractivity contribution in [1.82, 2.24) is 14.7 Å². The van der Waals surface area contributed by atoms with Crippen LogP contribution in [0.4, 0.5) is 4.39 Å². The third kappa shape index (κ3) is 5.77. The van der Waals surface area contributed by atoms with Gasteiger partial charge in [-0.2, -0.15) is 0 Å². The summed E-state index contributed by atoms with van der Waals surface area (Å²) in [5, 5.41) is 0. The van der Waals surface area contributed by atoms with E-state index in [1.165, 1.54) is 6.07 Å². The van der Waals surface area contributed by atoms with Crippen LogP contribution in [0.5, 0.6) is 0 Å². The zero-order valence-corrected chi connectivity index (χ0v) is 18.3. The number of carbonyl (C=O) groups is 1. The smallest absolute Gasteiger partial charge is 0.240 e. The predicted molar refractivity (Wildman–Crippen MR) is 113 cm³/mol. The van der Waals surface area contributed by atoms with E-state index in [1.54, 1.807) is 6.07 Å². The number of rotatable bonds is 5. The van der Waals surface area contributed by atoms with Crippen molar-refractivity contribution < 1.29 is 13.9 Å². The van der Waals surface area contributed by atoms with Crippen LogP contribution in [0.1, 0.15) is 39.7 Å². The molecule has 3 atom stereocenters. The Labute approximate surface area is 174 Å². The van der Waals surface area contributed by atoms with Crippen LogP contribution >= 0.6 is 0 Å². The molecule has 2 fully saturated rings. The van der Waals surface area contributed by atoms with E-state index in [2.05, 4.69) is 37.5 Å². The third-order valence-electron chi connectivity index (χ3n) is 5.98. The molecule has 0 aromatic heterocycles. The van der Waals surface area contributed by atoms with Crippen LogP contribution < -0.4 is 0 Å². The van der Waals surface area contributed by atoms with Gasteiger partial charge in [0.15, 0.2) is 0 Å². The van der Waals surface area contributed by atoms with Gasteiger partial charge in [-0.15, -0.1) is 0 Å². The largest absolute Gasteiger partial charge is 0.373 e. The Bertz CT molecular complexity index is 674. The molecule has 1 amide bonds. The average molecular weight is 406 g/mol. The molecule has 2 aliphatic heterocycles. The summed E-state index contributed by atoms with van der Waals surface area (Å²) in [6.07, 6.45) is 1.21. The van der Waals surface area contributed by atoms with Crippen molar-refractivity contribution in [3.05, 3.63) is 35.6 Å². The molecule has 29 heavy (non-hydrogen) atoms. The average Bonchev–Trinajstić information content (AvgIpc) is 2.88. The van der Waals surface area contributed by atoms with Crippen molar-refractivity contribution in [3.8, 4) is 0 Å². The highest BCUT2D eigenvalue weighted by Crippen LogP contribution is 2.21. The lowest BCUT2D eigenvalue weighted by Crippen LogP contribution is -2.58. The lowest BCUT2D eigenvalue weighted by atomic mass is 9.99. The van der Waals surface area contributed by atoms with Gasteiger partial charge in [-0.3, -0.25) is 14.6 Å². The van der Waals surface area contributed by atoms with E-state index in [0.29, 0.717) is 13.1 Å². The zero-order chi connectivity index (χ0) is 21.0. The van der Waals surface area contributed by atoms with Gasteiger partial charge in [-0.25, -0.2) is 4.39 Å². The summed E-state index contributed by atoms with van der Waals surface area (Å²) < 4.78 is 19.9. The second-order valence-corrected chi connectivity index (χ2v) is 8.95. The first-order chi connectivity index (χ1) is 13.8. The second-order valence-electron chi connectivity index (χ2n) is 8.95. The van der Waals surface area contributed by atoms with Crippen LogP contribution in [0.2, 0.25) is 0 Å². The van der Waals surface area contributed by atoms with Crippen LogP contribution in [0.3, 0.4) is 0 Å². The maximum absolute atomic E-state index is 14.0. The summed E-state index contributed by atoms with van der Waals surface area (Å²) >= 11 is 0. The molecule has 1 aromatic carbocycles. The first-order valence-corrected chi connectivity index (χ1v) is 11.0. The van der Waals surface area contributed by atoms with Gasteiger partial charge in [-0.1, -0.05) is 32.0 Å². The van der Waals surface area contributed by atoms with Crippen molar-refractivity contribution in [2.75, 3.05) is 39.3 Å². The second kappa shape index (κ2) is 10.0. The van der Waals surface area contributed by atoms with Crippen molar-refractivity contribution in [1.29, 1.82) is 0 Å². The highest BCUT2D eigenvalue weighted by molar-refractivity contribution is 5.82. The van der Waals surface area contributed by atoms with E-state index in [-0.39, 0.29) is 35.9 Å². The summed E-state index contributed by atoms with van der Waals surface area (Å²) in [7, 11) is 0. The minimum absolute atomic E-state index is 0.109. The first-order valence-electron chi connectivity index (χ1n) is 11.0. The summed E-state index contributed by atoms with van der Waals surface area (Å²) in [5.74, 6) is 0.326. The van der Waals surface area contributed by atoms with E-state index in [4.69, 9.17) is 4.74 Å². The zero-order valence-electron chi connectivity index (χ0n) is 18.3. The summed E-state index contributed by atoms with van der Waals surface area (Å²) in [5.41, 5.74) is 0.726. The Hall–Kier alpha value is -1.50. The molecule has 0 spiro atoms. The lowest BCUT2D eigenvalue weighted by Gasteiger charge is -2.42. The molecule has 1 aromatic rings. The molecule has 0 aliphatic carbocycles. The summed E-state index contributed by atoms with van der Waals surface area (Å²) in [6, 6.07) is 6.85. The van der Waals surface area contributed by atoms with Crippen molar-refractivity contribution >= 4 is 5.91 Å². The molecule has 0 unspecified atom stereocenters. The minimum atomic E-state index is -0.153. The number of hydrogen-bond acceptors (Lipinski definition) is 4. The summed E-state index contributed by atoms with van der Waals surface area (Å²) in [4.78, 5) is 20.1. The van der Waals surface area contributed by atoms with Gasteiger partial charge in [0.25, 0.3) is 0 Å². The fourth-order valence-corrected chi connectivity index (χ4v) is 4.71. The van der Waals surface area contributed by atoms with Crippen LogP contribution in [0, 0.1) is 11.7 Å². The van der Waals surface area contributed by atoms with Crippen molar-refractivity contribution in [2.24, 2.45) is 5.92 Å². The molecule has 0 bridgehead atoms. The van der Waals surface area contributed by atoms with Crippen LogP contribution in [-0.2, 0) is 16.1 Å². The number of halogens is 1. The fraction of sp³-hybridized carbons (Fsp3) is 0.696. The number of amides is 1. The molecule has 5 nitrogen and oxygen atoms in total. The molecule has 2 aliphatic rings. The maximum atomic E-state index is 14.0. The number of ether oxygens (including phenoxy) is 1. The number of nitrogens with zero attached hydrogens (tertiary/aromatic N) is 3. The quantitative estimate of drug-likeness (QED) is 0.755. The molecule has 2 heterocycles. The molecular formula is C23H36FN3O2. The number of morpholine rings is 1. The van der Waals surface area contributed by atoms with Gasteiger partial charge in [0.1, 0.15) is 5.82 Å². The standard InChI is InChI=1S/C23H36FN3O2/c1-17(2)22(27-14-18(3)29-19(4)15-27)23(28)26-11-7-10-25(12-13-26)16-20-8-5-6-9-21(20)24/h5-6,8-9,17-19,22H,7,10-16H2,1-4H3/t18-,19-,22-/m1/s1. The van der Waals surface area contributed by atoms with Gasteiger partial charge in [0, 0.05) is 51.4 Å². The predicted octanol–water partition coefficient (Wildman–Crippen LogP) is 2.99. The van der Waals surface area contributed by atoms with Crippen molar-refractivity contribution in [2.45, 2.75) is 58.9 Å². The first kappa shape index (κ1) is 22.2. The highest BCUT2D eigenvalue weighted by atomic mass is 19.1. The number of benzene rings is 1. The Morgan fingerprint density at radius 2 is 1.79 bits per heavy atom. The highest BCUT2D eigenvalue weighted by Gasteiger charge is 2.36. The molecule has 2 saturated heterocycles. The molecule has 0 radical (unpaired) electrons. The number of carbonyl (C=O) groups excluding carboxylic acids is 1. The van der Waals surface area contributed by atoms with Gasteiger partial charge in [-0.05, 0) is 32.3 Å². The lowest BCUT2D eigenvalue weighted by molar-refractivity contribution is -0.145. The third-order valence-corrected chi connectivity index (χ3v) is 5.98. The van der Waals surface area contributed by atoms with E-state index in [0.717, 1.165) is 44.7 Å². The Morgan fingerprint density at radius 3 is 2.45 bits per heavy atom. The van der Waals surface area contributed by atoms with Crippen LogP contribution in [0.25, 0.3) is 0 Å². The van der Waals surface area contributed by atoms with Crippen LogP contribution in [-0.4, -0.2) is 78.1 Å². The van der Waals surface area contributed by atoms with E-state index in [1.807, 2.05) is 17.0 Å². The molecule has 3 rings (SSSR count). The number of hydrogen-bond donors (Lipinski definition) is 0. The molecular weight excluding hydrogens is 369 g/mol. The van der Waals surface area contributed by atoms with Gasteiger partial charge in [0.05, 0.1) is 18.2 Å². The van der Waals surface area contributed by atoms with E-state index in [9.17, 15) is 9.18 Å². The van der Waals surface area contributed by atoms with E-state index < -0.39 is 0 Å². The molecule has 0 saturated carbocycles. The van der Waals surface area contributed by atoms with Gasteiger partial charge in [0.2, 0.25) is 5.91 Å². The molecule has 162 valence electrons. The fourth-order valence-electron chi connectivity index (χ4n) is 4.71. The minimum Gasteiger partial charge on any atom is -0.373 e. The van der Waals surface area contributed by atoms with Gasteiger partial charge >= 0.3 is 0 Å².